The number of benzene rings is 4. The summed E-state index contributed by atoms with van der Waals surface area (Å²) in [5.41, 5.74) is 2.89. The molecule has 6 nitrogen and oxygen atoms in total. The van der Waals surface area contributed by atoms with Crippen molar-refractivity contribution in [2.75, 3.05) is 6.54 Å². The van der Waals surface area contributed by atoms with Crippen LogP contribution in [-0.2, 0) is 12.3 Å². The summed E-state index contributed by atoms with van der Waals surface area (Å²) in [7, 11) is 0. The van der Waals surface area contributed by atoms with Crippen molar-refractivity contribution < 1.29 is 9.72 Å². The van der Waals surface area contributed by atoms with E-state index in [1.165, 1.54) is 12.1 Å². The fraction of sp³-hybridized carbons (Fsp3) is 0.107. The molecule has 0 aliphatic rings. The van der Waals surface area contributed by atoms with Gasteiger partial charge in [-0.05, 0) is 34.5 Å². The van der Waals surface area contributed by atoms with Gasteiger partial charge in [0.1, 0.15) is 0 Å². The van der Waals surface area contributed by atoms with E-state index in [0.717, 1.165) is 32.1 Å². The highest BCUT2D eigenvalue weighted by atomic mass is 32.2. The molecule has 4 aromatic carbocycles. The number of nitro groups is 1. The van der Waals surface area contributed by atoms with Gasteiger partial charge in [-0.15, -0.1) is 11.8 Å². The lowest BCUT2D eigenvalue weighted by molar-refractivity contribution is -0.384. The number of thioether (sulfide) groups is 1. The second-order valence-corrected chi connectivity index (χ2v) is 9.25. The molecule has 0 spiro atoms. The van der Waals surface area contributed by atoms with Crippen molar-refractivity contribution in [3.05, 3.63) is 118 Å². The maximum atomic E-state index is 12.7. The van der Waals surface area contributed by atoms with Crippen molar-refractivity contribution in [1.29, 1.82) is 0 Å². The normalized spacial score (nSPS) is 11.1. The number of carbonyl (C=O) groups is 1. The second kappa shape index (κ2) is 10.0. The van der Waals surface area contributed by atoms with Crippen LogP contribution in [0.5, 0.6) is 0 Å². The van der Waals surface area contributed by atoms with Gasteiger partial charge >= 0.3 is 0 Å². The fourth-order valence-corrected chi connectivity index (χ4v) is 5.16. The van der Waals surface area contributed by atoms with E-state index in [-0.39, 0.29) is 16.5 Å². The molecule has 174 valence electrons. The standard InChI is InChI=1S/C28H23N3O3S/c32-28(23-12-11-21-5-1-2-6-22(21)17-23)29-15-16-30-18-27(25-7-3-4-8-26(25)30)35-19-20-9-13-24(14-10-20)31(33)34/h1-14,17-18H,15-16,19H2,(H,29,32). The summed E-state index contributed by atoms with van der Waals surface area (Å²) < 4.78 is 2.16. The number of para-hydroxylation sites is 1. The zero-order chi connectivity index (χ0) is 24.2. The minimum Gasteiger partial charge on any atom is -0.350 e. The van der Waals surface area contributed by atoms with E-state index in [9.17, 15) is 14.9 Å². The van der Waals surface area contributed by atoms with Gasteiger partial charge < -0.3 is 9.88 Å². The summed E-state index contributed by atoms with van der Waals surface area (Å²) in [6.45, 7) is 1.16. The summed E-state index contributed by atoms with van der Waals surface area (Å²) in [4.78, 5) is 24.3. The number of hydrogen-bond donors (Lipinski definition) is 1. The Labute approximate surface area is 206 Å². The van der Waals surface area contributed by atoms with Gasteiger partial charge in [0.05, 0.1) is 4.92 Å². The molecule has 35 heavy (non-hydrogen) atoms. The quantitative estimate of drug-likeness (QED) is 0.157. The van der Waals surface area contributed by atoms with E-state index in [1.54, 1.807) is 23.9 Å². The van der Waals surface area contributed by atoms with Crippen LogP contribution >= 0.6 is 11.8 Å². The Morgan fingerprint density at radius 1 is 0.914 bits per heavy atom. The number of nitro benzene ring substituents is 1. The van der Waals surface area contributed by atoms with Crippen molar-refractivity contribution in [2.24, 2.45) is 0 Å². The third-order valence-corrected chi connectivity index (χ3v) is 7.06. The van der Waals surface area contributed by atoms with Gasteiger partial charge in [0.25, 0.3) is 11.6 Å². The lowest BCUT2D eigenvalue weighted by Gasteiger charge is -2.08. The molecule has 0 fully saturated rings. The molecular formula is C28H23N3O3S. The average Bonchev–Trinajstić information content (AvgIpc) is 3.25. The highest BCUT2D eigenvalue weighted by molar-refractivity contribution is 7.98. The van der Waals surface area contributed by atoms with Crippen molar-refractivity contribution in [3.63, 3.8) is 0 Å². The van der Waals surface area contributed by atoms with Gasteiger partial charge in [-0.25, -0.2) is 0 Å². The number of nitrogens with zero attached hydrogens (tertiary/aromatic N) is 2. The van der Waals surface area contributed by atoms with E-state index in [4.69, 9.17) is 0 Å². The Morgan fingerprint density at radius 2 is 1.66 bits per heavy atom. The van der Waals surface area contributed by atoms with Gasteiger partial charge in [0, 0.05) is 58.5 Å². The monoisotopic (exact) mass is 481 g/mol. The Bertz CT molecular complexity index is 1530. The van der Waals surface area contributed by atoms with Crippen LogP contribution in [0.1, 0.15) is 15.9 Å². The molecule has 0 radical (unpaired) electrons. The summed E-state index contributed by atoms with van der Waals surface area (Å²) in [6.07, 6.45) is 2.11. The topological polar surface area (TPSA) is 77.2 Å². The lowest BCUT2D eigenvalue weighted by Crippen LogP contribution is -2.27. The van der Waals surface area contributed by atoms with Crippen molar-refractivity contribution in [2.45, 2.75) is 17.2 Å². The first-order chi connectivity index (χ1) is 17.1. The van der Waals surface area contributed by atoms with Gasteiger partial charge in [-0.2, -0.15) is 0 Å². The van der Waals surface area contributed by atoms with Gasteiger partial charge in [0.2, 0.25) is 0 Å². The van der Waals surface area contributed by atoms with Gasteiger partial charge in [-0.3, -0.25) is 14.9 Å². The fourth-order valence-electron chi connectivity index (χ4n) is 4.11. The number of aromatic nitrogens is 1. The minimum atomic E-state index is -0.386. The maximum absolute atomic E-state index is 12.7. The van der Waals surface area contributed by atoms with E-state index in [1.807, 2.05) is 54.6 Å². The number of carbonyl (C=O) groups excluding carboxylic acids is 1. The molecule has 0 unspecified atom stereocenters. The molecule has 0 saturated carbocycles. The number of non-ortho nitro benzene ring substituents is 1. The first-order valence-corrected chi connectivity index (χ1v) is 12.3. The molecule has 0 aliphatic heterocycles. The van der Waals surface area contributed by atoms with Crippen LogP contribution in [0.25, 0.3) is 21.7 Å². The minimum absolute atomic E-state index is 0.0833. The largest absolute Gasteiger partial charge is 0.350 e. The predicted octanol–water partition coefficient (Wildman–Crippen LogP) is 6.43. The molecule has 1 N–H and O–H groups in total. The Morgan fingerprint density at radius 3 is 2.46 bits per heavy atom. The molecule has 1 heterocycles. The predicted molar refractivity (Wildman–Crippen MR) is 141 cm³/mol. The van der Waals surface area contributed by atoms with E-state index in [2.05, 4.69) is 28.2 Å². The van der Waals surface area contributed by atoms with Crippen molar-refractivity contribution in [3.8, 4) is 0 Å². The molecular weight excluding hydrogens is 458 g/mol. The third kappa shape index (κ3) is 5.05. The molecule has 1 amide bonds. The van der Waals surface area contributed by atoms with Crippen molar-refractivity contribution >= 4 is 45.0 Å². The Kier molecular flexibility index (Phi) is 6.50. The van der Waals surface area contributed by atoms with Crippen LogP contribution in [0.4, 0.5) is 5.69 Å². The molecule has 0 aliphatic carbocycles. The first kappa shape index (κ1) is 22.7. The van der Waals surface area contributed by atoms with Crippen molar-refractivity contribution in [1.82, 2.24) is 9.88 Å². The van der Waals surface area contributed by atoms with E-state index in [0.29, 0.717) is 24.4 Å². The van der Waals surface area contributed by atoms with Gasteiger partial charge in [-0.1, -0.05) is 60.7 Å². The molecule has 0 saturated heterocycles. The van der Waals surface area contributed by atoms with Crippen LogP contribution in [-0.4, -0.2) is 21.9 Å². The molecule has 5 aromatic rings. The summed E-state index contributed by atoms with van der Waals surface area (Å²) in [5.74, 6) is 0.630. The SMILES string of the molecule is O=C(NCCn1cc(SCc2ccc([N+](=O)[O-])cc2)c2ccccc21)c1ccc2ccccc2c1. The van der Waals surface area contributed by atoms with E-state index >= 15 is 0 Å². The Balaban J connectivity index is 1.25. The second-order valence-electron chi connectivity index (χ2n) is 8.23. The number of fused-ring (bicyclic) bond motifs is 2. The lowest BCUT2D eigenvalue weighted by atomic mass is 10.1. The smallest absolute Gasteiger partial charge is 0.269 e. The number of amides is 1. The molecule has 0 atom stereocenters. The Hall–Kier alpha value is -4.10. The summed E-state index contributed by atoms with van der Waals surface area (Å²) in [5, 5.41) is 17.2. The zero-order valence-electron chi connectivity index (χ0n) is 18.9. The first-order valence-electron chi connectivity index (χ1n) is 11.3. The number of rotatable bonds is 8. The molecule has 7 heteroatoms. The highest BCUT2D eigenvalue weighted by Crippen LogP contribution is 2.32. The molecule has 5 rings (SSSR count). The number of hydrogen-bond acceptors (Lipinski definition) is 4. The summed E-state index contributed by atoms with van der Waals surface area (Å²) >= 11 is 1.70. The molecule has 0 bridgehead atoms. The molecule has 1 aromatic heterocycles. The van der Waals surface area contributed by atoms with Crippen LogP contribution in [0.15, 0.2) is 102 Å². The average molecular weight is 482 g/mol. The maximum Gasteiger partial charge on any atom is 0.269 e. The van der Waals surface area contributed by atoms with E-state index < -0.39 is 0 Å². The van der Waals surface area contributed by atoms with Crippen LogP contribution in [0.3, 0.4) is 0 Å². The highest BCUT2D eigenvalue weighted by Gasteiger charge is 2.11. The zero-order valence-corrected chi connectivity index (χ0v) is 19.7. The summed E-state index contributed by atoms with van der Waals surface area (Å²) in [6, 6.07) is 28.6. The number of nitrogens with one attached hydrogen (secondary N) is 1. The third-order valence-electron chi connectivity index (χ3n) is 5.94. The van der Waals surface area contributed by atoms with Crippen LogP contribution in [0.2, 0.25) is 0 Å². The van der Waals surface area contributed by atoms with Gasteiger partial charge in [0.15, 0.2) is 0 Å². The van der Waals surface area contributed by atoms with Crippen LogP contribution in [0, 0.1) is 10.1 Å². The van der Waals surface area contributed by atoms with Crippen LogP contribution < -0.4 is 5.32 Å².